The van der Waals surface area contributed by atoms with Crippen LogP contribution in [-0.4, -0.2) is 25.8 Å². The molecule has 2 aliphatic rings. The molecule has 2 rings (SSSR count). The van der Waals surface area contributed by atoms with Crippen molar-refractivity contribution in [2.45, 2.75) is 76.7 Å². The summed E-state index contributed by atoms with van der Waals surface area (Å²) in [6.07, 6.45) is 13.7. The minimum Gasteiger partial charge on any atom is -0.373 e. The van der Waals surface area contributed by atoms with Crippen LogP contribution in [0, 0.1) is 11.8 Å². The van der Waals surface area contributed by atoms with Crippen LogP contribution in [0.3, 0.4) is 0 Å². The van der Waals surface area contributed by atoms with E-state index in [1.165, 1.54) is 64.2 Å². The molecule has 2 saturated carbocycles. The molecule has 2 nitrogen and oxygen atoms in total. The Hall–Kier alpha value is -0.0800. The molecule has 0 aromatic heterocycles. The molecule has 0 aromatic rings. The minimum atomic E-state index is 0.154. The first kappa shape index (κ1) is 15.3. The average molecular weight is 267 g/mol. The highest BCUT2D eigenvalue weighted by atomic mass is 16.5. The molecule has 112 valence electrons. The number of hydrogen-bond acceptors (Lipinski definition) is 2. The predicted octanol–water partition coefficient (Wildman–Crippen LogP) is 4.14. The van der Waals surface area contributed by atoms with Crippen molar-refractivity contribution in [3.05, 3.63) is 0 Å². The third-order valence-electron chi connectivity index (χ3n) is 5.31. The van der Waals surface area contributed by atoms with Crippen LogP contribution in [0.4, 0.5) is 0 Å². The molecule has 0 unspecified atom stereocenters. The van der Waals surface area contributed by atoms with E-state index in [4.69, 9.17) is 4.74 Å². The van der Waals surface area contributed by atoms with Gasteiger partial charge in [0, 0.05) is 6.54 Å². The van der Waals surface area contributed by atoms with Crippen molar-refractivity contribution < 1.29 is 4.74 Å². The first-order valence-electron chi connectivity index (χ1n) is 8.56. The van der Waals surface area contributed by atoms with E-state index in [0.717, 1.165) is 25.0 Å². The van der Waals surface area contributed by atoms with E-state index in [1.54, 1.807) is 0 Å². The minimum absolute atomic E-state index is 0.154. The highest BCUT2D eigenvalue weighted by molar-refractivity contribution is 4.89. The van der Waals surface area contributed by atoms with Gasteiger partial charge in [-0.2, -0.15) is 0 Å². The fourth-order valence-corrected chi connectivity index (χ4v) is 4.07. The Labute approximate surface area is 119 Å². The number of rotatable bonds is 7. The highest BCUT2D eigenvalue weighted by Gasteiger charge is 2.36. The highest BCUT2D eigenvalue weighted by Crippen LogP contribution is 2.37. The second-order valence-electron chi connectivity index (χ2n) is 6.91. The maximum atomic E-state index is 6.46. The molecule has 0 radical (unpaired) electrons. The molecule has 2 aliphatic carbocycles. The molecule has 2 fully saturated rings. The topological polar surface area (TPSA) is 21.3 Å². The van der Waals surface area contributed by atoms with Crippen molar-refractivity contribution in [2.75, 3.05) is 20.2 Å². The Morgan fingerprint density at radius 2 is 1.74 bits per heavy atom. The van der Waals surface area contributed by atoms with E-state index in [1.807, 2.05) is 0 Å². The van der Waals surface area contributed by atoms with E-state index in [-0.39, 0.29) is 5.60 Å². The van der Waals surface area contributed by atoms with Gasteiger partial charge in [-0.15, -0.1) is 0 Å². The lowest BCUT2D eigenvalue weighted by Gasteiger charge is -2.41. The van der Waals surface area contributed by atoms with E-state index < -0.39 is 0 Å². The third-order valence-corrected chi connectivity index (χ3v) is 5.31. The second-order valence-corrected chi connectivity index (χ2v) is 6.91. The van der Waals surface area contributed by atoms with Crippen LogP contribution in [0.1, 0.15) is 71.1 Å². The zero-order valence-corrected chi connectivity index (χ0v) is 13.0. The van der Waals surface area contributed by atoms with Gasteiger partial charge in [-0.1, -0.05) is 32.6 Å². The maximum Gasteiger partial charge on any atom is 0.0806 e. The van der Waals surface area contributed by atoms with E-state index in [0.29, 0.717) is 0 Å². The van der Waals surface area contributed by atoms with Crippen molar-refractivity contribution in [3.8, 4) is 0 Å². The Balaban J connectivity index is 1.80. The summed E-state index contributed by atoms with van der Waals surface area (Å²) in [6, 6.07) is 0. The molecule has 0 heterocycles. The quantitative estimate of drug-likeness (QED) is 0.748. The van der Waals surface area contributed by atoms with Gasteiger partial charge in [-0.05, 0) is 57.4 Å². The van der Waals surface area contributed by atoms with Crippen molar-refractivity contribution in [1.29, 1.82) is 0 Å². The molecule has 0 bridgehead atoms. The van der Waals surface area contributed by atoms with E-state index in [9.17, 15) is 0 Å². The summed E-state index contributed by atoms with van der Waals surface area (Å²) >= 11 is 0. The predicted molar refractivity (Wildman–Crippen MR) is 81.4 cm³/mol. The average Bonchev–Trinajstić information content (AvgIpc) is 2.93. The van der Waals surface area contributed by atoms with Crippen LogP contribution < -0.4 is 5.32 Å². The molecule has 19 heavy (non-hydrogen) atoms. The summed E-state index contributed by atoms with van der Waals surface area (Å²) in [6.45, 7) is 4.37. The Morgan fingerprint density at radius 3 is 2.32 bits per heavy atom. The van der Waals surface area contributed by atoms with Crippen LogP contribution in [0.5, 0.6) is 0 Å². The molecule has 0 aliphatic heterocycles. The lowest BCUT2D eigenvalue weighted by atomic mass is 9.77. The molecule has 0 spiro atoms. The van der Waals surface area contributed by atoms with Crippen LogP contribution in [0.15, 0.2) is 0 Å². The van der Waals surface area contributed by atoms with Crippen LogP contribution in [-0.2, 0) is 4.74 Å². The number of hydrogen-bond donors (Lipinski definition) is 1. The fourth-order valence-electron chi connectivity index (χ4n) is 4.07. The first-order chi connectivity index (χ1) is 9.28. The molecule has 0 atom stereocenters. The molecule has 2 heteroatoms. The molecule has 0 saturated heterocycles. The number of nitrogens with one attached hydrogen (secondary N) is 1. The van der Waals surface area contributed by atoms with Crippen LogP contribution in [0.2, 0.25) is 0 Å². The number of ether oxygens (including phenoxy) is 1. The first-order valence-corrected chi connectivity index (χ1v) is 8.56. The van der Waals surface area contributed by atoms with Gasteiger partial charge in [-0.25, -0.2) is 0 Å². The maximum absolute atomic E-state index is 6.46. The zero-order valence-electron chi connectivity index (χ0n) is 13.0. The van der Waals surface area contributed by atoms with Gasteiger partial charge in [0.05, 0.1) is 12.2 Å². The molecule has 0 aromatic carbocycles. The van der Waals surface area contributed by atoms with Crippen LogP contribution >= 0.6 is 0 Å². The molecular formula is C17H33NO. The van der Waals surface area contributed by atoms with Gasteiger partial charge < -0.3 is 10.1 Å². The van der Waals surface area contributed by atoms with Crippen LogP contribution in [0.25, 0.3) is 0 Å². The summed E-state index contributed by atoms with van der Waals surface area (Å²) in [7, 11) is 2.07. The number of likely N-dealkylation sites (N-methyl/N-ethyl adjacent to an activating group) is 1. The Bertz CT molecular complexity index is 240. The van der Waals surface area contributed by atoms with Crippen molar-refractivity contribution in [2.24, 2.45) is 11.8 Å². The lowest BCUT2D eigenvalue weighted by Crippen LogP contribution is -2.45. The smallest absolute Gasteiger partial charge is 0.0806 e. The SMILES string of the molecule is CCCC1CCC(CNC)(OCC2CCCC2)CC1. The normalized spacial score (nSPS) is 32.8. The molecule has 0 amide bonds. The second kappa shape index (κ2) is 7.64. The standard InChI is InChI=1S/C17H33NO/c1-3-6-15-9-11-17(12-10-15,14-18-2)19-13-16-7-4-5-8-16/h15-16,18H,3-14H2,1-2H3. The van der Waals surface area contributed by atoms with Gasteiger partial charge >= 0.3 is 0 Å². The Kier molecular flexibility index (Phi) is 6.15. The van der Waals surface area contributed by atoms with Gasteiger partial charge in [0.1, 0.15) is 0 Å². The van der Waals surface area contributed by atoms with Crippen molar-refractivity contribution in [1.82, 2.24) is 5.32 Å². The van der Waals surface area contributed by atoms with Gasteiger partial charge in [0.2, 0.25) is 0 Å². The summed E-state index contributed by atoms with van der Waals surface area (Å²) in [5, 5.41) is 3.38. The summed E-state index contributed by atoms with van der Waals surface area (Å²) in [5.41, 5.74) is 0.154. The Morgan fingerprint density at radius 1 is 1.05 bits per heavy atom. The summed E-state index contributed by atoms with van der Waals surface area (Å²) in [5.74, 6) is 1.81. The van der Waals surface area contributed by atoms with Crippen molar-refractivity contribution in [3.63, 3.8) is 0 Å². The van der Waals surface area contributed by atoms with Gasteiger partial charge in [0.25, 0.3) is 0 Å². The fraction of sp³-hybridized carbons (Fsp3) is 1.00. The lowest BCUT2D eigenvalue weighted by molar-refractivity contribution is -0.0876. The zero-order chi connectivity index (χ0) is 13.6. The van der Waals surface area contributed by atoms with E-state index in [2.05, 4.69) is 19.3 Å². The summed E-state index contributed by atoms with van der Waals surface area (Å²) in [4.78, 5) is 0. The molecule has 1 N–H and O–H groups in total. The molecular weight excluding hydrogens is 234 g/mol. The van der Waals surface area contributed by atoms with Gasteiger partial charge in [0.15, 0.2) is 0 Å². The largest absolute Gasteiger partial charge is 0.373 e. The van der Waals surface area contributed by atoms with Crippen molar-refractivity contribution >= 4 is 0 Å². The summed E-state index contributed by atoms with van der Waals surface area (Å²) < 4.78 is 6.46. The van der Waals surface area contributed by atoms with Gasteiger partial charge in [-0.3, -0.25) is 0 Å². The van der Waals surface area contributed by atoms with E-state index >= 15 is 0 Å². The third kappa shape index (κ3) is 4.46. The monoisotopic (exact) mass is 267 g/mol.